The summed E-state index contributed by atoms with van der Waals surface area (Å²) in [5.41, 5.74) is 2.68. The number of nitrogens with zero attached hydrogens (tertiary/aromatic N) is 2. The Kier molecular flexibility index (Phi) is 4.52. The van der Waals surface area contributed by atoms with Gasteiger partial charge in [0.15, 0.2) is 0 Å². The molecule has 1 saturated heterocycles. The molecule has 2 N–H and O–H groups in total. The number of amides is 2. The number of benzene rings is 1. The van der Waals surface area contributed by atoms with Crippen LogP contribution in [0.4, 0.5) is 10.5 Å². The molecule has 1 aromatic rings. The SMILES string of the molecule is CC(CNC(=O)N1CCCC1CO)N1CCc2ccccc21. The zero-order chi connectivity index (χ0) is 15.5. The number of aliphatic hydroxyl groups excluding tert-OH is 1. The first-order valence-electron chi connectivity index (χ1n) is 8.20. The van der Waals surface area contributed by atoms with Crippen LogP contribution in [0.2, 0.25) is 0 Å². The molecule has 3 rings (SSSR count). The molecule has 5 nitrogen and oxygen atoms in total. The van der Waals surface area contributed by atoms with Gasteiger partial charge < -0.3 is 20.2 Å². The number of fused-ring (bicyclic) bond motifs is 1. The first-order valence-corrected chi connectivity index (χ1v) is 8.20. The van der Waals surface area contributed by atoms with Crippen molar-refractivity contribution in [3.63, 3.8) is 0 Å². The van der Waals surface area contributed by atoms with Gasteiger partial charge >= 0.3 is 6.03 Å². The van der Waals surface area contributed by atoms with E-state index in [-0.39, 0.29) is 24.7 Å². The van der Waals surface area contributed by atoms with Crippen molar-refractivity contribution in [3.8, 4) is 0 Å². The van der Waals surface area contributed by atoms with Crippen molar-refractivity contribution in [2.75, 3.05) is 31.1 Å². The maximum atomic E-state index is 12.3. The van der Waals surface area contributed by atoms with Crippen molar-refractivity contribution in [1.29, 1.82) is 0 Å². The zero-order valence-electron chi connectivity index (χ0n) is 13.2. The van der Waals surface area contributed by atoms with Gasteiger partial charge in [0.1, 0.15) is 0 Å². The van der Waals surface area contributed by atoms with Crippen molar-refractivity contribution in [2.24, 2.45) is 0 Å². The number of urea groups is 1. The number of hydrogen-bond acceptors (Lipinski definition) is 3. The number of nitrogens with one attached hydrogen (secondary N) is 1. The summed E-state index contributed by atoms with van der Waals surface area (Å²) in [5.74, 6) is 0. The van der Waals surface area contributed by atoms with E-state index in [2.05, 4.69) is 41.4 Å². The molecule has 22 heavy (non-hydrogen) atoms. The van der Waals surface area contributed by atoms with Gasteiger partial charge in [0, 0.05) is 31.4 Å². The van der Waals surface area contributed by atoms with Crippen LogP contribution in [0.1, 0.15) is 25.3 Å². The lowest BCUT2D eigenvalue weighted by atomic mass is 10.2. The molecule has 0 bridgehead atoms. The summed E-state index contributed by atoms with van der Waals surface area (Å²) in [7, 11) is 0. The fourth-order valence-electron chi connectivity index (χ4n) is 3.56. The number of carbonyl (C=O) groups is 1. The van der Waals surface area contributed by atoms with Crippen LogP contribution in [-0.2, 0) is 6.42 Å². The maximum Gasteiger partial charge on any atom is 0.317 e. The summed E-state index contributed by atoms with van der Waals surface area (Å²) in [5, 5.41) is 12.3. The molecule has 120 valence electrons. The van der Waals surface area contributed by atoms with Crippen molar-refractivity contribution in [3.05, 3.63) is 29.8 Å². The Morgan fingerprint density at radius 2 is 2.23 bits per heavy atom. The third kappa shape index (κ3) is 2.90. The number of rotatable bonds is 4. The average Bonchev–Trinajstić information content (AvgIpc) is 3.18. The third-order valence-corrected chi connectivity index (χ3v) is 4.85. The number of anilines is 1. The van der Waals surface area contributed by atoms with Gasteiger partial charge in [-0.2, -0.15) is 0 Å². The topological polar surface area (TPSA) is 55.8 Å². The van der Waals surface area contributed by atoms with Crippen molar-refractivity contribution < 1.29 is 9.90 Å². The van der Waals surface area contributed by atoms with Gasteiger partial charge in [-0.05, 0) is 37.8 Å². The van der Waals surface area contributed by atoms with Gasteiger partial charge in [-0.1, -0.05) is 18.2 Å². The molecule has 1 aromatic carbocycles. The second kappa shape index (κ2) is 6.57. The lowest BCUT2D eigenvalue weighted by molar-refractivity contribution is 0.157. The van der Waals surface area contributed by atoms with E-state index in [1.807, 2.05) is 0 Å². The Balaban J connectivity index is 1.55. The molecule has 2 aliphatic heterocycles. The molecule has 0 aromatic heterocycles. The maximum absolute atomic E-state index is 12.3. The van der Waals surface area contributed by atoms with E-state index in [0.717, 1.165) is 32.4 Å². The Morgan fingerprint density at radius 1 is 1.41 bits per heavy atom. The predicted molar refractivity (Wildman–Crippen MR) is 87.2 cm³/mol. The van der Waals surface area contributed by atoms with E-state index >= 15 is 0 Å². The summed E-state index contributed by atoms with van der Waals surface area (Å²) in [6.45, 7) is 4.59. The van der Waals surface area contributed by atoms with Gasteiger partial charge in [-0.25, -0.2) is 4.79 Å². The standard InChI is InChI=1S/C17H25N3O2/c1-13(19-10-8-14-5-2-3-7-16(14)19)11-18-17(22)20-9-4-6-15(20)12-21/h2-3,5,7,13,15,21H,4,6,8-12H2,1H3,(H,18,22). The van der Waals surface area contributed by atoms with E-state index in [1.165, 1.54) is 11.3 Å². The van der Waals surface area contributed by atoms with Crippen molar-refractivity contribution in [2.45, 2.75) is 38.3 Å². The third-order valence-electron chi connectivity index (χ3n) is 4.85. The van der Waals surface area contributed by atoms with Crippen LogP contribution in [-0.4, -0.2) is 54.4 Å². The summed E-state index contributed by atoms with van der Waals surface area (Å²) >= 11 is 0. The van der Waals surface area contributed by atoms with E-state index in [0.29, 0.717) is 6.54 Å². The lowest BCUT2D eigenvalue weighted by Crippen LogP contribution is -2.48. The van der Waals surface area contributed by atoms with E-state index in [4.69, 9.17) is 0 Å². The normalized spacial score (nSPS) is 21.8. The smallest absolute Gasteiger partial charge is 0.317 e. The van der Waals surface area contributed by atoms with E-state index in [9.17, 15) is 9.90 Å². The number of para-hydroxylation sites is 1. The molecular weight excluding hydrogens is 278 g/mol. The first kappa shape index (κ1) is 15.2. The van der Waals surface area contributed by atoms with Crippen molar-refractivity contribution >= 4 is 11.7 Å². The Bertz CT molecular complexity index is 534. The molecule has 0 radical (unpaired) electrons. The summed E-state index contributed by atoms with van der Waals surface area (Å²) in [4.78, 5) is 16.4. The minimum atomic E-state index is -0.0455. The minimum Gasteiger partial charge on any atom is -0.394 e. The molecule has 0 spiro atoms. The molecule has 0 aliphatic carbocycles. The Labute approximate surface area is 131 Å². The molecule has 2 amide bonds. The average molecular weight is 303 g/mol. The fourth-order valence-corrected chi connectivity index (χ4v) is 3.56. The van der Waals surface area contributed by atoms with Crippen LogP contribution in [0.25, 0.3) is 0 Å². The molecule has 0 saturated carbocycles. The zero-order valence-corrected chi connectivity index (χ0v) is 13.2. The Morgan fingerprint density at radius 3 is 3.05 bits per heavy atom. The highest BCUT2D eigenvalue weighted by molar-refractivity contribution is 5.75. The van der Waals surface area contributed by atoms with Crippen LogP contribution < -0.4 is 10.2 Å². The minimum absolute atomic E-state index is 0.0113. The van der Waals surface area contributed by atoms with E-state index in [1.54, 1.807) is 4.90 Å². The molecule has 2 unspecified atom stereocenters. The van der Waals surface area contributed by atoms with Crippen molar-refractivity contribution in [1.82, 2.24) is 10.2 Å². The predicted octanol–water partition coefficient (Wildman–Crippen LogP) is 1.60. The summed E-state index contributed by atoms with van der Waals surface area (Å²) in [6, 6.07) is 8.69. The summed E-state index contributed by atoms with van der Waals surface area (Å²) in [6.07, 6.45) is 2.96. The molecule has 2 aliphatic rings. The first-order chi connectivity index (χ1) is 10.7. The molecule has 1 fully saturated rings. The highest BCUT2D eigenvalue weighted by atomic mass is 16.3. The number of likely N-dealkylation sites (tertiary alicyclic amines) is 1. The van der Waals surface area contributed by atoms with Crippen LogP contribution in [0.3, 0.4) is 0 Å². The largest absolute Gasteiger partial charge is 0.394 e. The molecule has 2 atom stereocenters. The van der Waals surface area contributed by atoms with Gasteiger partial charge in [0.25, 0.3) is 0 Å². The second-order valence-electron chi connectivity index (χ2n) is 6.28. The fraction of sp³-hybridized carbons (Fsp3) is 0.588. The van der Waals surface area contributed by atoms with E-state index < -0.39 is 0 Å². The van der Waals surface area contributed by atoms with Gasteiger partial charge in [0.05, 0.1) is 12.6 Å². The van der Waals surface area contributed by atoms with Gasteiger partial charge in [-0.3, -0.25) is 0 Å². The second-order valence-corrected chi connectivity index (χ2v) is 6.28. The van der Waals surface area contributed by atoms with Crippen LogP contribution in [0, 0.1) is 0 Å². The van der Waals surface area contributed by atoms with Gasteiger partial charge in [0.2, 0.25) is 0 Å². The highest BCUT2D eigenvalue weighted by Crippen LogP contribution is 2.28. The van der Waals surface area contributed by atoms with Crippen LogP contribution in [0.5, 0.6) is 0 Å². The lowest BCUT2D eigenvalue weighted by Gasteiger charge is -2.29. The number of hydrogen-bond donors (Lipinski definition) is 2. The monoisotopic (exact) mass is 303 g/mol. The molecule has 2 heterocycles. The molecular formula is C17H25N3O2. The number of aliphatic hydroxyl groups is 1. The number of carbonyl (C=O) groups excluding carboxylic acids is 1. The Hall–Kier alpha value is -1.75. The molecule has 5 heteroatoms. The quantitative estimate of drug-likeness (QED) is 0.888. The highest BCUT2D eigenvalue weighted by Gasteiger charge is 2.29. The summed E-state index contributed by atoms with van der Waals surface area (Å²) < 4.78 is 0. The van der Waals surface area contributed by atoms with Crippen LogP contribution in [0.15, 0.2) is 24.3 Å². The van der Waals surface area contributed by atoms with Gasteiger partial charge in [-0.15, -0.1) is 0 Å². The van der Waals surface area contributed by atoms with Crippen LogP contribution >= 0.6 is 0 Å².